The number of thiazole rings is 1. The highest BCUT2D eigenvalue weighted by Crippen LogP contribution is 2.30. The Morgan fingerprint density at radius 3 is 2.68 bits per heavy atom. The van der Waals surface area contributed by atoms with Crippen LogP contribution in [0.15, 0.2) is 36.7 Å². The van der Waals surface area contributed by atoms with E-state index >= 15 is 0 Å². The van der Waals surface area contributed by atoms with Crippen molar-refractivity contribution in [1.82, 2.24) is 15.0 Å². The minimum Gasteiger partial charge on any atom is -0.460 e. The maximum absolute atomic E-state index is 12.3. The van der Waals surface area contributed by atoms with Crippen LogP contribution in [-0.4, -0.2) is 39.6 Å². The number of para-hydroxylation sites is 1. The third kappa shape index (κ3) is 3.97. The first-order chi connectivity index (χ1) is 12.0. The molecule has 0 N–H and O–H groups in total. The molecule has 0 aliphatic heterocycles. The second-order valence-electron chi connectivity index (χ2n) is 5.36. The summed E-state index contributed by atoms with van der Waals surface area (Å²) in [6.07, 6.45) is 2.59. The Bertz CT molecular complexity index is 890. The van der Waals surface area contributed by atoms with Gasteiger partial charge in [0.25, 0.3) is 0 Å². The van der Waals surface area contributed by atoms with Gasteiger partial charge in [-0.2, -0.15) is 0 Å². The number of fused-ring (bicyclic) bond motifs is 1. The van der Waals surface area contributed by atoms with E-state index in [4.69, 9.17) is 9.47 Å². The lowest BCUT2D eigenvalue weighted by molar-refractivity contribution is -0.150. The summed E-state index contributed by atoms with van der Waals surface area (Å²) in [5.41, 5.74) is 1.15. The Labute approximate surface area is 147 Å². The predicted octanol–water partition coefficient (Wildman–Crippen LogP) is 2.86. The van der Waals surface area contributed by atoms with Crippen LogP contribution in [0.25, 0.3) is 20.9 Å². The molecule has 8 heteroatoms. The molecule has 1 aromatic carbocycles. The molecule has 2 aromatic heterocycles. The van der Waals surface area contributed by atoms with E-state index in [1.165, 1.54) is 23.7 Å². The molecule has 0 radical (unpaired) electrons. The summed E-state index contributed by atoms with van der Waals surface area (Å²) in [4.78, 5) is 36.5. The van der Waals surface area contributed by atoms with Crippen LogP contribution < -0.4 is 0 Å². The van der Waals surface area contributed by atoms with E-state index in [2.05, 4.69) is 15.0 Å². The van der Waals surface area contributed by atoms with Gasteiger partial charge >= 0.3 is 11.9 Å². The molecule has 0 saturated heterocycles. The van der Waals surface area contributed by atoms with Crippen molar-refractivity contribution in [2.75, 3.05) is 6.61 Å². The van der Waals surface area contributed by atoms with Crippen LogP contribution in [0.3, 0.4) is 0 Å². The molecule has 128 valence electrons. The Morgan fingerprint density at radius 1 is 1.16 bits per heavy atom. The van der Waals surface area contributed by atoms with Crippen molar-refractivity contribution < 1.29 is 19.1 Å². The number of benzene rings is 1. The van der Waals surface area contributed by atoms with Crippen LogP contribution in [0.4, 0.5) is 0 Å². The lowest BCUT2D eigenvalue weighted by atomic mass is 10.3. The number of esters is 2. The summed E-state index contributed by atoms with van der Waals surface area (Å²) in [5.74, 6) is -1.36. The Kier molecular flexibility index (Phi) is 4.99. The quantitative estimate of drug-likeness (QED) is 0.648. The lowest BCUT2D eigenvalue weighted by Crippen LogP contribution is -2.20. The fourth-order valence-corrected chi connectivity index (χ4v) is 3.07. The maximum Gasteiger partial charge on any atom is 0.359 e. The summed E-state index contributed by atoms with van der Waals surface area (Å²) in [5, 5.41) is 0.561. The Morgan fingerprint density at radius 2 is 1.92 bits per heavy atom. The second-order valence-corrected chi connectivity index (χ2v) is 6.39. The van der Waals surface area contributed by atoms with E-state index in [9.17, 15) is 9.59 Å². The van der Waals surface area contributed by atoms with E-state index in [-0.39, 0.29) is 11.8 Å². The largest absolute Gasteiger partial charge is 0.460 e. The Balaban J connectivity index is 1.83. The van der Waals surface area contributed by atoms with E-state index in [1.54, 1.807) is 13.8 Å². The van der Waals surface area contributed by atoms with Gasteiger partial charge < -0.3 is 9.47 Å². The summed E-state index contributed by atoms with van der Waals surface area (Å²) in [7, 11) is 0. The van der Waals surface area contributed by atoms with Crippen molar-refractivity contribution in [1.29, 1.82) is 0 Å². The molecule has 0 saturated carbocycles. The second kappa shape index (κ2) is 7.35. The molecule has 7 nitrogen and oxygen atoms in total. The highest BCUT2D eigenvalue weighted by molar-refractivity contribution is 7.21. The molecule has 0 aliphatic carbocycles. The van der Waals surface area contributed by atoms with Crippen LogP contribution in [0.2, 0.25) is 0 Å². The third-order valence-electron chi connectivity index (χ3n) is 3.08. The molecule has 0 aliphatic rings. The van der Waals surface area contributed by atoms with Crippen LogP contribution in [0.5, 0.6) is 0 Å². The van der Waals surface area contributed by atoms with Crippen LogP contribution in [-0.2, 0) is 14.3 Å². The van der Waals surface area contributed by atoms with Gasteiger partial charge in [-0.05, 0) is 26.0 Å². The number of nitrogens with zero attached hydrogens (tertiary/aromatic N) is 3. The zero-order valence-electron chi connectivity index (χ0n) is 13.6. The first-order valence-corrected chi connectivity index (χ1v) is 8.40. The highest BCUT2D eigenvalue weighted by atomic mass is 32.1. The zero-order chi connectivity index (χ0) is 17.8. The predicted molar refractivity (Wildman–Crippen MR) is 92.2 cm³/mol. The first kappa shape index (κ1) is 17.0. The first-order valence-electron chi connectivity index (χ1n) is 7.58. The molecule has 3 aromatic rings. The van der Waals surface area contributed by atoms with Gasteiger partial charge in [-0.25, -0.2) is 24.5 Å². The minimum atomic E-state index is -0.747. The molecule has 0 atom stereocenters. The lowest BCUT2D eigenvalue weighted by Gasteiger charge is -2.09. The highest BCUT2D eigenvalue weighted by Gasteiger charge is 2.21. The van der Waals surface area contributed by atoms with E-state index in [1.807, 2.05) is 24.3 Å². The number of hydrogen-bond acceptors (Lipinski definition) is 8. The van der Waals surface area contributed by atoms with Gasteiger partial charge in [-0.1, -0.05) is 12.1 Å². The summed E-state index contributed by atoms with van der Waals surface area (Å²) in [6, 6.07) is 7.62. The standard InChI is InChI=1S/C17H15N3O4S/c1-10(2)24-13(21)9-23-17(22)15-14(18-7-8-19-15)16-20-11-5-3-4-6-12(11)25-16/h3-8,10H,9H2,1-2H3. The number of ether oxygens (including phenoxy) is 2. The number of carbonyl (C=O) groups excluding carboxylic acids is 2. The van der Waals surface area contributed by atoms with Crippen molar-refractivity contribution in [2.45, 2.75) is 20.0 Å². The number of carbonyl (C=O) groups is 2. The van der Waals surface area contributed by atoms with Crippen molar-refractivity contribution in [3.05, 3.63) is 42.4 Å². The van der Waals surface area contributed by atoms with E-state index in [0.717, 1.165) is 10.2 Å². The third-order valence-corrected chi connectivity index (χ3v) is 4.12. The number of aromatic nitrogens is 3. The molecule has 0 unspecified atom stereocenters. The van der Waals surface area contributed by atoms with Gasteiger partial charge in [0, 0.05) is 12.4 Å². The molecule has 0 bridgehead atoms. The van der Waals surface area contributed by atoms with Gasteiger partial charge in [0.05, 0.1) is 16.3 Å². The van der Waals surface area contributed by atoms with Gasteiger partial charge in [0.2, 0.25) is 0 Å². The fourth-order valence-electron chi connectivity index (χ4n) is 2.11. The molecule has 0 fully saturated rings. The van der Waals surface area contributed by atoms with Crippen molar-refractivity contribution in [3.8, 4) is 10.7 Å². The Hall–Kier alpha value is -2.87. The topological polar surface area (TPSA) is 91.3 Å². The molecule has 0 amide bonds. The molecule has 0 spiro atoms. The van der Waals surface area contributed by atoms with Crippen LogP contribution in [0, 0.1) is 0 Å². The van der Waals surface area contributed by atoms with Gasteiger partial charge in [0.15, 0.2) is 12.3 Å². The normalized spacial score (nSPS) is 10.8. The minimum absolute atomic E-state index is 0.0129. The number of hydrogen-bond donors (Lipinski definition) is 0. The number of rotatable bonds is 5. The van der Waals surface area contributed by atoms with Crippen LogP contribution >= 0.6 is 11.3 Å². The van der Waals surface area contributed by atoms with E-state index in [0.29, 0.717) is 10.7 Å². The van der Waals surface area contributed by atoms with Crippen molar-refractivity contribution in [3.63, 3.8) is 0 Å². The summed E-state index contributed by atoms with van der Waals surface area (Å²) < 4.78 is 10.9. The summed E-state index contributed by atoms with van der Waals surface area (Å²) >= 11 is 1.40. The van der Waals surface area contributed by atoms with Gasteiger partial charge in [-0.15, -0.1) is 11.3 Å². The van der Waals surface area contributed by atoms with Gasteiger partial charge in [0.1, 0.15) is 10.7 Å². The average molecular weight is 357 g/mol. The van der Waals surface area contributed by atoms with Crippen molar-refractivity contribution in [2.24, 2.45) is 0 Å². The van der Waals surface area contributed by atoms with E-state index < -0.39 is 18.5 Å². The molecular weight excluding hydrogens is 342 g/mol. The summed E-state index contributed by atoms with van der Waals surface area (Å²) in [6.45, 7) is 2.95. The SMILES string of the molecule is CC(C)OC(=O)COC(=O)c1nccnc1-c1nc2ccccc2s1. The zero-order valence-corrected chi connectivity index (χ0v) is 14.4. The molecule has 25 heavy (non-hydrogen) atoms. The van der Waals surface area contributed by atoms with Crippen molar-refractivity contribution >= 4 is 33.5 Å². The maximum atomic E-state index is 12.3. The monoisotopic (exact) mass is 357 g/mol. The van der Waals surface area contributed by atoms with Gasteiger partial charge in [-0.3, -0.25) is 0 Å². The molecule has 2 heterocycles. The van der Waals surface area contributed by atoms with Crippen LogP contribution in [0.1, 0.15) is 24.3 Å². The molecular formula is C17H15N3O4S. The fraction of sp³-hybridized carbons (Fsp3) is 0.235. The molecule has 3 rings (SSSR count). The average Bonchev–Trinajstić information content (AvgIpc) is 3.03. The smallest absolute Gasteiger partial charge is 0.359 e.